The minimum absolute atomic E-state index is 0.0372. The molecular formula is C14H17ClN2O2. The number of hydrogen-bond acceptors (Lipinski definition) is 2. The number of amides is 2. The highest BCUT2D eigenvalue weighted by molar-refractivity contribution is 6.31. The maximum absolute atomic E-state index is 12.3. The average molecular weight is 281 g/mol. The first-order valence-corrected chi connectivity index (χ1v) is 6.71. The zero-order valence-corrected chi connectivity index (χ0v) is 11.6. The minimum Gasteiger partial charge on any atom is -0.369 e. The second-order valence-corrected chi connectivity index (χ2v) is 5.34. The molecule has 1 heterocycles. The molecule has 5 heteroatoms. The van der Waals surface area contributed by atoms with Gasteiger partial charge in [-0.1, -0.05) is 17.7 Å². The number of nitrogens with two attached hydrogens (primary N) is 1. The van der Waals surface area contributed by atoms with Gasteiger partial charge in [0.1, 0.15) is 0 Å². The molecule has 1 fully saturated rings. The van der Waals surface area contributed by atoms with Crippen LogP contribution in [0.3, 0.4) is 0 Å². The minimum atomic E-state index is -0.273. The molecule has 2 N–H and O–H groups in total. The molecule has 1 aromatic carbocycles. The number of carbonyl (C=O) groups is 2. The molecule has 0 aliphatic carbocycles. The molecule has 19 heavy (non-hydrogen) atoms. The quantitative estimate of drug-likeness (QED) is 0.900. The van der Waals surface area contributed by atoms with Crippen LogP contribution in [0.1, 0.15) is 28.8 Å². The lowest BCUT2D eigenvalue weighted by Gasteiger charge is -2.30. The molecule has 2 rings (SSSR count). The topological polar surface area (TPSA) is 63.4 Å². The summed E-state index contributed by atoms with van der Waals surface area (Å²) in [5.74, 6) is -0.416. The molecule has 1 saturated heterocycles. The van der Waals surface area contributed by atoms with Crippen molar-refractivity contribution in [1.29, 1.82) is 0 Å². The second kappa shape index (κ2) is 5.61. The summed E-state index contributed by atoms with van der Waals surface area (Å²) >= 11 is 6.03. The lowest BCUT2D eigenvalue weighted by Crippen LogP contribution is -2.41. The van der Waals surface area contributed by atoms with E-state index in [9.17, 15) is 9.59 Å². The van der Waals surface area contributed by atoms with Crippen LogP contribution in [0.4, 0.5) is 0 Å². The average Bonchev–Trinajstić information content (AvgIpc) is 2.41. The highest BCUT2D eigenvalue weighted by Crippen LogP contribution is 2.21. The number of halogens is 1. The van der Waals surface area contributed by atoms with E-state index in [1.165, 1.54) is 0 Å². The van der Waals surface area contributed by atoms with E-state index in [-0.39, 0.29) is 17.7 Å². The van der Waals surface area contributed by atoms with Crippen LogP contribution in [0.2, 0.25) is 5.02 Å². The molecule has 1 aliphatic rings. The SMILES string of the molecule is Cc1ccc(C(=O)N2CCC(C(N)=O)CC2)cc1Cl. The van der Waals surface area contributed by atoms with Gasteiger partial charge in [-0.05, 0) is 37.5 Å². The van der Waals surface area contributed by atoms with Gasteiger partial charge >= 0.3 is 0 Å². The van der Waals surface area contributed by atoms with Crippen LogP contribution in [-0.4, -0.2) is 29.8 Å². The summed E-state index contributed by atoms with van der Waals surface area (Å²) in [6, 6.07) is 5.31. The number of rotatable bonds is 2. The Labute approximate surface area is 117 Å². The predicted octanol–water partition coefficient (Wildman–Crippen LogP) is 1.99. The van der Waals surface area contributed by atoms with Gasteiger partial charge < -0.3 is 10.6 Å². The Morgan fingerprint density at radius 2 is 1.95 bits per heavy atom. The number of nitrogens with zero attached hydrogens (tertiary/aromatic N) is 1. The zero-order valence-electron chi connectivity index (χ0n) is 10.9. The molecule has 1 aliphatic heterocycles. The molecule has 0 radical (unpaired) electrons. The van der Waals surface area contributed by atoms with E-state index >= 15 is 0 Å². The number of primary amides is 1. The molecule has 4 nitrogen and oxygen atoms in total. The van der Waals surface area contributed by atoms with E-state index in [1.807, 2.05) is 13.0 Å². The van der Waals surface area contributed by atoms with Crippen LogP contribution in [-0.2, 0) is 4.79 Å². The highest BCUT2D eigenvalue weighted by atomic mass is 35.5. The van der Waals surface area contributed by atoms with E-state index in [1.54, 1.807) is 17.0 Å². The molecule has 2 amide bonds. The van der Waals surface area contributed by atoms with E-state index in [0.717, 1.165) is 5.56 Å². The first-order valence-electron chi connectivity index (χ1n) is 6.34. The molecule has 0 unspecified atom stereocenters. The van der Waals surface area contributed by atoms with Crippen molar-refractivity contribution in [3.05, 3.63) is 34.3 Å². The summed E-state index contributed by atoms with van der Waals surface area (Å²) in [6.07, 6.45) is 1.28. The van der Waals surface area contributed by atoms with Gasteiger partial charge in [0.2, 0.25) is 5.91 Å². The van der Waals surface area contributed by atoms with Gasteiger partial charge in [0.25, 0.3) is 5.91 Å². The van der Waals surface area contributed by atoms with Gasteiger partial charge in [-0.3, -0.25) is 9.59 Å². The third-order valence-corrected chi connectivity index (χ3v) is 4.01. The maximum atomic E-state index is 12.3. The molecule has 0 atom stereocenters. The van der Waals surface area contributed by atoms with Crippen LogP contribution in [0.15, 0.2) is 18.2 Å². The normalized spacial score (nSPS) is 16.4. The van der Waals surface area contributed by atoms with Gasteiger partial charge in [0, 0.05) is 29.6 Å². The summed E-state index contributed by atoms with van der Waals surface area (Å²) < 4.78 is 0. The molecule has 0 saturated carbocycles. The van der Waals surface area contributed by atoms with Crippen molar-refractivity contribution in [2.75, 3.05) is 13.1 Å². The number of piperidine rings is 1. The Kier molecular flexibility index (Phi) is 4.10. The Morgan fingerprint density at radius 3 is 2.47 bits per heavy atom. The summed E-state index contributed by atoms with van der Waals surface area (Å²) in [6.45, 7) is 3.03. The van der Waals surface area contributed by atoms with E-state index in [4.69, 9.17) is 17.3 Å². The fraction of sp³-hybridized carbons (Fsp3) is 0.429. The van der Waals surface area contributed by atoms with Crippen molar-refractivity contribution in [1.82, 2.24) is 4.90 Å². The second-order valence-electron chi connectivity index (χ2n) is 4.93. The van der Waals surface area contributed by atoms with Crippen molar-refractivity contribution in [3.8, 4) is 0 Å². The van der Waals surface area contributed by atoms with Gasteiger partial charge in [0.15, 0.2) is 0 Å². The third-order valence-electron chi connectivity index (χ3n) is 3.60. The summed E-state index contributed by atoms with van der Waals surface area (Å²) in [5, 5.41) is 0.595. The number of hydrogen-bond donors (Lipinski definition) is 1. The van der Waals surface area contributed by atoms with Crippen LogP contribution in [0, 0.1) is 12.8 Å². The highest BCUT2D eigenvalue weighted by Gasteiger charge is 2.26. The number of benzene rings is 1. The standard InChI is InChI=1S/C14H17ClN2O2/c1-9-2-3-11(8-12(9)15)14(19)17-6-4-10(5-7-17)13(16)18/h2-3,8,10H,4-7H2,1H3,(H2,16,18). The van der Waals surface area contributed by atoms with E-state index < -0.39 is 0 Å². The van der Waals surface area contributed by atoms with Crippen molar-refractivity contribution in [3.63, 3.8) is 0 Å². The molecule has 0 bridgehead atoms. The smallest absolute Gasteiger partial charge is 0.253 e. The van der Waals surface area contributed by atoms with E-state index in [2.05, 4.69) is 0 Å². The monoisotopic (exact) mass is 280 g/mol. The van der Waals surface area contributed by atoms with Gasteiger partial charge in [-0.25, -0.2) is 0 Å². The Balaban J connectivity index is 2.05. The number of aryl methyl sites for hydroxylation is 1. The molecule has 0 aromatic heterocycles. The van der Waals surface area contributed by atoms with Crippen molar-refractivity contribution < 1.29 is 9.59 Å². The predicted molar refractivity (Wildman–Crippen MR) is 74.0 cm³/mol. The van der Waals surface area contributed by atoms with Gasteiger partial charge in [-0.15, -0.1) is 0 Å². The first-order chi connectivity index (χ1) is 8.99. The van der Waals surface area contributed by atoms with Crippen molar-refractivity contribution >= 4 is 23.4 Å². The summed E-state index contributed by atoms with van der Waals surface area (Å²) in [4.78, 5) is 25.1. The molecule has 102 valence electrons. The maximum Gasteiger partial charge on any atom is 0.253 e. The fourth-order valence-corrected chi connectivity index (χ4v) is 2.46. The van der Waals surface area contributed by atoms with Crippen molar-refractivity contribution in [2.24, 2.45) is 11.7 Å². The fourth-order valence-electron chi connectivity index (χ4n) is 2.28. The Morgan fingerprint density at radius 1 is 1.32 bits per heavy atom. The van der Waals surface area contributed by atoms with Crippen LogP contribution in [0.5, 0.6) is 0 Å². The van der Waals surface area contributed by atoms with Gasteiger partial charge in [-0.2, -0.15) is 0 Å². The Hall–Kier alpha value is -1.55. The van der Waals surface area contributed by atoms with Crippen LogP contribution in [0.25, 0.3) is 0 Å². The third kappa shape index (κ3) is 3.07. The van der Waals surface area contributed by atoms with Crippen LogP contribution >= 0.6 is 11.6 Å². The molecule has 0 spiro atoms. The molecule has 1 aromatic rings. The molecular weight excluding hydrogens is 264 g/mol. The lowest BCUT2D eigenvalue weighted by atomic mass is 9.96. The van der Waals surface area contributed by atoms with E-state index in [0.29, 0.717) is 36.5 Å². The largest absolute Gasteiger partial charge is 0.369 e. The summed E-state index contributed by atoms with van der Waals surface area (Å²) in [5.41, 5.74) is 6.82. The lowest BCUT2D eigenvalue weighted by molar-refractivity contribution is -0.123. The van der Waals surface area contributed by atoms with Gasteiger partial charge in [0.05, 0.1) is 0 Å². The van der Waals surface area contributed by atoms with Crippen LogP contribution < -0.4 is 5.73 Å². The Bertz CT molecular complexity index is 508. The number of carbonyl (C=O) groups excluding carboxylic acids is 2. The first kappa shape index (κ1) is 13.9. The van der Waals surface area contributed by atoms with Crippen molar-refractivity contribution in [2.45, 2.75) is 19.8 Å². The summed E-state index contributed by atoms with van der Waals surface area (Å²) in [7, 11) is 0. The number of likely N-dealkylation sites (tertiary alicyclic amines) is 1. The zero-order chi connectivity index (χ0) is 14.0.